The Morgan fingerprint density at radius 3 is 2.42 bits per heavy atom. The third kappa shape index (κ3) is 5.68. The van der Waals surface area contributed by atoms with E-state index < -0.39 is 0 Å². The first kappa shape index (κ1) is 19.6. The lowest BCUT2D eigenvalue weighted by Crippen LogP contribution is -2.33. The summed E-state index contributed by atoms with van der Waals surface area (Å²) in [5.41, 5.74) is 1.74. The smallest absolute Gasteiger partial charge is 0.258 e. The first-order chi connectivity index (χ1) is 12.6. The summed E-state index contributed by atoms with van der Waals surface area (Å²) in [6.07, 6.45) is 0. The monoisotopic (exact) mass is 355 g/mol. The third-order valence-electron chi connectivity index (χ3n) is 3.89. The molecular formula is C20H25N3O3. The number of ether oxygens (including phenoxy) is 1. The van der Waals surface area contributed by atoms with E-state index in [0.717, 1.165) is 12.2 Å². The number of rotatable bonds is 9. The molecule has 2 aromatic rings. The van der Waals surface area contributed by atoms with Gasteiger partial charge in [-0.1, -0.05) is 24.3 Å². The lowest BCUT2D eigenvalue weighted by molar-refractivity contribution is 0.0953. The maximum Gasteiger partial charge on any atom is 0.258 e. The molecule has 0 unspecified atom stereocenters. The minimum Gasteiger partial charge on any atom is -0.383 e. The van der Waals surface area contributed by atoms with Crippen molar-refractivity contribution in [1.29, 1.82) is 0 Å². The van der Waals surface area contributed by atoms with E-state index in [1.807, 2.05) is 30.3 Å². The highest BCUT2D eigenvalue weighted by Crippen LogP contribution is 2.15. The third-order valence-corrected chi connectivity index (χ3v) is 3.89. The lowest BCUT2D eigenvalue weighted by Gasteiger charge is -2.17. The highest BCUT2D eigenvalue weighted by molar-refractivity contribution is 6.07. The van der Waals surface area contributed by atoms with Gasteiger partial charge in [-0.25, -0.2) is 0 Å². The molecule has 0 saturated heterocycles. The summed E-state index contributed by atoms with van der Waals surface area (Å²) in [6, 6.07) is 16.1. The normalized spacial score (nSPS) is 10.4. The van der Waals surface area contributed by atoms with Crippen molar-refractivity contribution < 1.29 is 14.3 Å². The Kier molecular flexibility index (Phi) is 7.79. The van der Waals surface area contributed by atoms with Gasteiger partial charge in [-0.15, -0.1) is 0 Å². The van der Waals surface area contributed by atoms with E-state index in [9.17, 15) is 9.59 Å². The number of carbonyl (C=O) groups is 2. The first-order valence-corrected chi connectivity index (χ1v) is 8.54. The molecule has 0 bridgehead atoms. The molecule has 138 valence electrons. The van der Waals surface area contributed by atoms with Crippen LogP contribution in [0.5, 0.6) is 0 Å². The van der Waals surface area contributed by atoms with E-state index in [2.05, 4.69) is 10.6 Å². The zero-order chi connectivity index (χ0) is 18.8. The SMILES string of the molecule is COCCNCCNC(=O)c1cccc(C(=O)N(C)c2ccccc2)c1. The molecule has 6 nitrogen and oxygen atoms in total. The van der Waals surface area contributed by atoms with Gasteiger partial charge >= 0.3 is 0 Å². The topological polar surface area (TPSA) is 70.7 Å². The minimum atomic E-state index is -0.199. The molecule has 0 aromatic heterocycles. The van der Waals surface area contributed by atoms with Gasteiger partial charge in [0.2, 0.25) is 0 Å². The minimum absolute atomic E-state index is 0.160. The van der Waals surface area contributed by atoms with Crippen LogP contribution < -0.4 is 15.5 Å². The van der Waals surface area contributed by atoms with Crippen LogP contribution >= 0.6 is 0 Å². The molecule has 0 heterocycles. The Balaban J connectivity index is 1.94. The molecule has 0 aliphatic carbocycles. The number of nitrogens with zero attached hydrogens (tertiary/aromatic N) is 1. The van der Waals surface area contributed by atoms with Crippen molar-refractivity contribution in [3.8, 4) is 0 Å². The highest BCUT2D eigenvalue weighted by atomic mass is 16.5. The Morgan fingerprint density at radius 1 is 0.962 bits per heavy atom. The van der Waals surface area contributed by atoms with Crippen LogP contribution in [0.25, 0.3) is 0 Å². The zero-order valence-corrected chi connectivity index (χ0v) is 15.2. The summed E-state index contributed by atoms with van der Waals surface area (Å²) in [6.45, 7) is 2.53. The van der Waals surface area contributed by atoms with Crippen LogP contribution in [-0.2, 0) is 4.74 Å². The molecule has 0 aliphatic heterocycles. The summed E-state index contributed by atoms with van der Waals surface area (Å²) in [7, 11) is 3.36. The van der Waals surface area contributed by atoms with Gasteiger partial charge in [-0.2, -0.15) is 0 Å². The molecule has 26 heavy (non-hydrogen) atoms. The van der Waals surface area contributed by atoms with E-state index >= 15 is 0 Å². The van der Waals surface area contributed by atoms with Gasteiger partial charge < -0.3 is 20.3 Å². The van der Waals surface area contributed by atoms with Crippen LogP contribution in [0.2, 0.25) is 0 Å². The quantitative estimate of drug-likeness (QED) is 0.675. The van der Waals surface area contributed by atoms with Gasteiger partial charge in [0.15, 0.2) is 0 Å². The van der Waals surface area contributed by atoms with Gasteiger partial charge in [-0.05, 0) is 30.3 Å². The van der Waals surface area contributed by atoms with Gasteiger partial charge in [0.1, 0.15) is 0 Å². The van der Waals surface area contributed by atoms with Crippen molar-refractivity contribution in [3.05, 3.63) is 65.7 Å². The molecule has 2 aromatic carbocycles. The Morgan fingerprint density at radius 2 is 1.69 bits per heavy atom. The number of amides is 2. The van der Waals surface area contributed by atoms with Crippen molar-refractivity contribution in [2.45, 2.75) is 0 Å². The Hall–Kier alpha value is -2.70. The van der Waals surface area contributed by atoms with Crippen LogP contribution in [0, 0.1) is 0 Å². The average molecular weight is 355 g/mol. The van der Waals surface area contributed by atoms with E-state index in [1.54, 1.807) is 43.3 Å². The molecule has 6 heteroatoms. The van der Waals surface area contributed by atoms with Crippen LogP contribution in [0.4, 0.5) is 5.69 Å². The molecule has 0 atom stereocenters. The largest absolute Gasteiger partial charge is 0.383 e. The molecule has 0 radical (unpaired) electrons. The van der Waals surface area contributed by atoms with E-state index in [1.165, 1.54) is 0 Å². The van der Waals surface area contributed by atoms with Crippen LogP contribution in [0.3, 0.4) is 0 Å². The van der Waals surface area contributed by atoms with Crippen molar-refractivity contribution in [1.82, 2.24) is 10.6 Å². The van der Waals surface area contributed by atoms with Crippen LogP contribution in [0.15, 0.2) is 54.6 Å². The van der Waals surface area contributed by atoms with Crippen molar-refractivity contribution in [2.24, 2.45) is 0 Å². The molecule has 2 N–H and O–H groups in total. The van der Waals surface area contributed by atoms with E-state index in [0.29, 0.717) is 30.8 Å². The lowest BCUT2D eigenvalue weighted by atomic mass is 10.1. The van der Waals surface area contributed by atoms with Crippen molar-refractivity contribution in [3.63, 3.8) is 0 Å². The fraction of sp³-hybridized carbons (Fsp3) is 0.300. The molecular weight excluding hydrogens is 330 g/mol. The summed E-state index contributed by atoms with van der Waals surface area (Å²) in [5.74, 6) is -0.359. The highest BCUT2D eigenvalue weighted by Gasteiger charge is 2.15. The number of nitrogens with one attached hydrogen (secondary N) is 2. The standard InChI is InChI=1S/C20H25N3O3/c1-23(18-9-4-3-5-10-18)20(25)17-8-6-7-16(15-17)19(24)22-12-11-21-13-14-26-2/h3-10,15,21H,11-14H2,1-2H3,(H,22,24). The first-order valence-electron chi connectivity index (χ1n) is 8.54. The molecule has 0 saturated carbocycles. The zero-order valence-electron chi connectivity index (χ0n) is 15.2. The fourth-order valence-electron chi connectivity index (χ4n) is 2.42. The summed E-state index contributed by atoms with van der Waals surface area (Å²) in [4.78, 5) is 26.5. The Bertz CT molecular complexity index is 719. The number of carbonyl (C=O) groups excluding carboxylic acids is 2. The second-order valence-corrected chi connectivity index (χ2v) is 5.78. The summed E-state index contributed by atoms with van der Waals surface area (Å²) < 4.78 is 4.94. The van der Waals surface area contributed by atoms with Crippen molar-refractivity contribution in [2.75, 3.05) is 45.3 Å². The van der Waals surface area contributed by atoms with Gasteiger partial charge in [0.25, 0.3) is 11.8 Å². The van der Waals surface area contributed by atoms with Crippen LogP contribution in [0.1, 0.15) is 20.7 Å². The maximum atomic E-state index is 12.7. The van der Waals surface area contributed by atoms with Gasteiger partial charge in [0.05, 0.1) is 6.61 Å². The molecule has 0 aliphatic rings. The summed E-state index contributed by atoms with van der Waals surface area (Å²) >= 11 is 0. The number of hydrogen-bond acceptors (Lipinski definition) is 4. The number of hydrogen-bond donors (Lipinski definition) is 2. The van der Waals surface area contributed by atoms with Crippen molar-refractivity contribution >= 4 is 17.5 Å². The summed E-state index contributed by atoms with van der Waals surface area (Å²) in [5, 5.41) is 5.99. The predicted molar refractivity (Wildman–Crippen MR) is 103 cm³/mol. The molecule has 0 spiro atoms. The average Bonchev–Trinajstić information content (AvgIpc) is 2.70. The fourth-order valence-corrected chi connectivity index (χ4v) is 2.42. The second-order valence-electron chi connectivity index (χ2n) is 5.78. The number of benzene rings is 2. The number of methoxy groups -OCH3 is 1. The van der Waals surface area contributed by atoms with Gasteiger partial charge in [0, 0.05) is 50.6 Å². The molecule has 2 rings (SSSR count). The second kappa shape index (κ2) is 10.3. The van der Waals surface area contributed by atoms with Crippen LogP contribution in [-0.4, -0.2) is 52.2 Å². The maximum absolute atomic E-state index is 12.7. The number of para-hydroxylation sites is 1. The van der Waals surface area contributed by atoms with E-state index in [4.69, 9.17) is 4.74 Å². The van der Waals surface area contributed by atoms with Gasteiger partial charge in [-0.3, -0.25) is 9.59 Å². The predicted octanol–water partition coefficient (Wildman–Crippen LogP) is 1.93. The van der Waals surface area contributed by atoms with E-state index in [-0.39, 0.29) is 11.8 Å². The molecule has 0 fully saturated rings. The Labute approximate surface area is 154 Å². The number of anilines is 1. The molecule has 2 amide bonds.